The summed E-state index contributed by atoms with van der Waals surface area (Å²) in [6, 6.07) is 10.00. The van der Waals surface area contributed by atoms with Crippen molar-refractivity contribution >= 4 is 12.0 Å². The Bertz CT molecular complexity index is 354. The molecule has 0 aliphatic rings. The van der Waals surface area contributed by atoms with Crippen molar-refractivity contribution in [3.8, 4) is 0 Å². The summed E-state index contributed by atoms with van der Waals surface area (Å²) in [6.45, 7) is 6.19. The molecule has 0 fully saturated rings. The van der Waals surface area contributed by atoms with Gasteiger partial charge < -0.3 is 5.32 Å². The number of hydrogen-bond acceptors (Lipinski definition) is 1. The third kappa shape index (κ3) is 4.30. The molecule has 0 bridgehead atoms. The van der Waals surface area contributed by atoms with Crippen molar-refractivity contribution in [1.82, 2.24) is 5.32 Å². The van der Waals surface area contributed by atoms with Gasteiger partial charge in [-0.05, 0) is 24.5 Å². The Kier molecular flexibility index (Phi) is 4.77. The largest absolute Gasteiger partial charge is 0.350 e. The predicted molar refractivity (Wildman–Crippen MR) is 67.9 cm³/mol. The zero-order valence-corrected chi connectivity index (χ0v) is 10.1. The molecular weight excluding hydrogens is 198 g/mol. The Hall–Kier alpha value is -1.57. The highest BCUT2D eigenvalue weighted by molar-refractivity contribution is 5.91. The third-order valence-electron chi connectivity index (χ3n) is 2.60. The van der Waals surface area contributed by atoms with Crippen LogP contribution in [0.15, 0.2) is 36.4 Å². The first-order valence-electron chi connectivity index (χ1n) is 5.63. The van der Waals surface area contributed by atoms with Crippen molar-refractivity contribution in [1.29, 1.82) is 0 Å². The van der Waals surface area contributed by atoms with Crippen LogP contribution in [0.2, 0.25) is 0 Å². The summed E-state index contributed by atoms with van der Waals surface area (Å²) >= 11 is 0. The maximum absolute atomic E-state index is 11.5. The van der Waals surface area contributed by atoms with Gasteiger partial charge in [-0.25, -0.2) is 0 Å². The standard InChI is InChI=1S/C14H19NO/c1-11(2)12(3)15-14(16)10-9-13-7-5-4-6-8-13/h4-12H,1-3H3,(H,15,16)/t12-/m0/s1. The monoisotopic (exact) mass is 217 g/mol. The van der Waals surface area contributed by atoms with Gasteiger partial charge in [0.05, 0.1) is 0 Å². The SMILES string of the molecule is CC(C)[C@H](C)NC(=O)C=Cc1ccccc1. The van der Waals surface area contributed by atoms with Crippen LogP contribution >= 0.6 is 0 Å². The van der Waals surface area contributed by atoms with Crippen molar-refractivity contribution in [3.63, 3.8) is 0 Å². The smallest absolute Gasteiger partial charge is 0.244 e. The molecule has 1 aromatic carbocycles. The molecule has 0 radical (unpaired) electrons. The van der Waals surface area contributed by atoms with Gasteiger partial charge >= 0.3 is 0 Å². The highest BCUT2D eigenvalue weighted by atomic mass is 16.1. The Morgan fingerprint density at radius 1 is 1.19 bits per heavy atom. The molecule has 0 aromatic heterocycles. The van der Waals surface area contributed by atoms with E-state index in [9.17, 15) is 4.79 Å². The van der Waals surface area contributed by atoms with Gasteiger partial charge in [-0.3, -0.25) is 4.79 Å². The minimum Gasteiger partial charge on any atom is -0.350 e. The normalized spacial score (nSPS) is 13.0. The first-order valence-corrected chi connectivity index (χ1v) is 5.63. The van der Waals surface area contributed by atoms with Gasteiger partial charge in [0, 0.05) is 12.1 Å². The number of benzene rings is 1. The van der Waals surface area contributed by atoms with E-state index in [1.165, 1.54) is 0 Å². The maximum atomic E-state index is 11.5. The molecule has 0 heterocycles. The fourth-order valence-electron chi connectivity index (χ4n) is 1.18. The van der Waals surface area contributed by atoms with E-state index in [4.69, 9.17) is 0 Å². The van der Waals surface area contributed by atoms with E-state index in [1.54, 1.807) is 6.08 Å². The summed E-state index contributed by atoms with van der Waals surface area (Å²) in [7, 11) is 0. The minimum absolute atomic E-state index is 0.0370. The molecule has 0 aliphatic heterocycles. The molecular formula is C14H19NO. The Morgan fingerprint density at radius 3 is 2.38 bits per heavy atom. The van der Waals surface area contributed by atoms with Crippen LogP contribution in [0.4, 0.5) is 0 Å². The molecule has 0 aliphatic carbocycles. The van der Waals surface area contributed by atoms with Gasteiger partial charge in [0.2, 0.25) is 5.91 Å². The zero-order chi connectivity index (χ0) is 12.0. The van der Waals surface area contributed by atoms with E-state index in [0.29, 0.717) is 5.92 Å². The Morgan fingerprint density at radius 2 is 1.81 bits per heavy atom. The van der Waals surface area contributed by atoms with Crippen molar-refractivity contribution in [2.24, 2.45) is 5.92 Å². The van der Waals surface area contributed by atoms with Crippen LogP contribution in [0.25, 0.3) is 6.08 Å². The number of hydrogen-bond donors (Lipinski definition) is 1. The van der Waals surface area contributed by atoms with Crippen molar-refractivity contribution in [3.05, 3.63) is 42.0 Å². The van der Waals surface area contributed by atoms with Crippen molar-refractivity contribution in [2.45, 2.75) is 26.8 Å². The van der Waals surface area contributed by atoms with Crippen molar-refractivity contribution < 1.29 is 4.79 Å². The number of rotatable bonds is 4. The summed E-state index contributed by atoms with van der Waals surface area (Å²) in [5.74, 6) is 0.416. The van der Waals surface area contributed by atoms with E-state index < -0.39 is 0 Å². The van der Waals surface area contributed by atoms with Gasteiger partial charge in [-0.1, -0.05) is 44.2 Å². The summed E-state index contributed by atoms with van der Waals surface area (Å²) in [5.41, 5.74) is 1.04. The summed E-state index contributed by atoms with van der Waals surface area (Å²) in [6.07, 6.45) is 3.40. The van der Waals surface area contributed by atoms with Crippen LogP contribution in [0.3, 0.4) is 0 Å². The molecule has 86 valence electrons. The van der Waals surface area contributed by atoms with Gasteiger partial charge in [0.1, 0.15) is 0 Å². The van der Waals surface area contributed by atoms with Crippen LogP contribution in [0.1, 0.15) is 26.3 Å². The average molecular weight is 217 g/mol. The van der Waals surface area contributed by atoms with Crippen LogP contribution in [0.5, 0.6) is 0 Å². The van der Waals surface area contributed by atoms with Crippen LogP contribution in [0, 0.1) is 5.92 Å². The first kappa shape index (κ1) is 12.5. The van der Waals surface area contributed by atoms with Gasteiger partial charge in [0.25, 0.3) is 0 Å². The second-order valence-electron chi connectivity index (χ2n) is 4.29. The quantitative estimate of drug-likeness (QED) is 0.772. The molecule has 1 amide bonds. The number of nitrogens with one attached hydrogen (secondary N) is 1. The maximum Gasteiger partial charge on any atom is 0.244 e. The Balaban J connectivity index is 2.49. The van der Waals surface area contributed by atoms with E-state index in [2.05, 4.69) is 19.2 Å². The van der Waals surface area contributed by atoms with E-state index in [-0.39, 0.29) is 11.9 Å². The molecule has 0 spiro atoms. The summed E-state index contributed by atoms with van der Waals surface area (Å²) in [4.78, 5) is 11.5. The van der Waals surface area contributed by atoms with Crippen LogP contribution in [-0.4, -0.2) is 11.9 Å². The lowest BCUT2D eigenvalue weighted by molar-refractivity contribution is -0.117. The topological polar surface area (TPSA) is 29.1 Å². The van der Waals surface area contributed by atoms with Gasteiger partial charge in [-0.15, -0.1) is 0 Å². The summed E-state index contributed by atoms with van der Waals surface area (Å²) in [5, 5.41) is 2.92. The van der Waals surface area contributed by atoms with E-state index >= 15 is 0 Å². The van der Waals surface area contributed by atoms with E-state index in [0.717, 1.165) is 5.56 Å². The molecule has 0 unspecified atom stereocenters. The zero-order valence-electron chi connectivity index (χ0n) is 10.1. The number of carbonyl (C=O) groups excluding carboxylic acids is 1. The van der Waals surface area contributed by atoms with Crippen molar-refractivity contribution in [2.75, 3.05) is 0 Å². The lowest BCUT2D eigenvalue weighted by atomic mass is 10.1. The molecule has 16 heavy (non-hydrogen) atoms. The number of carbonyl (C=O) groups is 1. The lowest BCUT2D eigenvalue weighted by Gasteiger charge is -2.15. The fraction of sp³-hybridized carbons (Fsp3) is 0.357. The average Bonchev–Trinajstić information content (AvgIpc) is 2.27. The summed E-state index contributed by atoms with van der Waals surface area (Å²) < 4.78 is 0. The Labute approximate surface area is 97.4 Å². The second kappa shape index (κ2) is 6.11. The van der Waals surface area contributed by atoms with Crippen LogP contribution < -0.4 is 5.32 Å². The molecule has 0 saturated carbocycles. The van der Waals surface area contributed by atoms with Gasteiger partial charge in [0.15, 0.2) is 0 Å². The highest BCUT2D eigenvalue weighted by Crippen LogP contribution is 2.02. The second-order valence-corrected chi connectivity index (χ2v) is 4.29. The van der Waals surface area contributed by atoms with Crippen LogP contribution in [-0.2, 0) is 4.79 Å². The number of amides is 1. The molecule has 2 heteroatoms. The molecule has 1 atom stereocenters. The molecule has 0 saturated heterocycles. The molecule has 1 rings (SSSR count). The lowest BCUT2D eigenvalue weighted by Crippen LogP contribution is -2.34. The minimum atomic E-state index is -0.0370. The first-order chi connectivity index (χ1) is 7.59. The molecule has 2 nitrogen and oxygen atoms in total. The van der Waals surface area contributed by atoms with E-state index in [1.807, 2.05) is 43.3 Å². The third-order valence-corrected chi connectivity index (χ3v) is 2.60. The highest BCUT2D eigenvalue weighted by Gasteiger charge is 2.07. The fourth-order valence-corrected chi connectivity index (χ4v) is 1.18. The predicted octanol–water partition coefficient (Wildman–Crippen LogP) is 2.86. The molecule has 1 N–H and O–H groups in total. The van der Waals surface area contributed by atoms with Gasteiger partial charge in [-0.2, -0.15) is 0 Å². The molecule has 1 aromatic rings.